The van der Waals surface area contributed by atoms with Crippen molar-refractivity contribution < 1.29 is 4.52 Å². The molecule has 0 aliphatic heterocycles. The fraction of sp³-hybridized carbons (Fsp3) is 0.733. The van der Waals surface area contributed by atoms with Crippen molar-refractivity contribution in [2.45, 2.75) is 52.1 Å². The second kappa shape index (κ2) is 5.35. The maximum atomic E-state index is 5.55. The van der Waals surface area contributed by atoms with Crippen molar-refractivity contribution in [2.24, 2.45) is 11.8 Å². The van der Waals surface area contributed by atoms with Crippen LogP contribution in [-0.2, 0) is 6.54 Å². The smallest absolute Gasteiger partial charge is 0.169 e. The molecule has 20 heavy (non-hydrogen) atoms. The molecule has 0 unspecified atom stereocenters. The van der Waals surface area contributed by atoms with Crippen LogP contribution in [0.5, 0.6) is 0 Å². The summed E-state index contributed by atoms with van der Waals surface area (Å²) in [6.45, 7) is 4.69. The van der Waals surface area contributed by atoms with E-state index >= 15 is 0 Å². The molecule has 110 valence electrons. The summed E-state index contributed by atoms with van der Waals surface area (Å²) in [6.07, 6.45) is 5.49. The van der Waals surface area contributed by atoms with E-state index in [4.69, 9.17) is 16.7 Å². The highest BCUT2D eigenvalue weighted by Gasteiger charge is 2.39. The van der Waals surface area contributed by atoms with Gasteiger partial charge >= 0.3 is 0 Å². The minimum atomic E-state index is 0.591. The lowest BCUT2D eigenvalue weighted by Gasteiger charge is -2.28. The molecule has 1 heterocycles. The molecule has 3 atom stereocenters. The summed E-state index contributed by atoms with van der Waals surface area (Å²) >= 11 is 5.55. The molecule has 0 amide bonds. The van der Waals surface area contributed by atoms with Crippen LogP contribution in [0.25, 0.3) is 0 Å². The van der Waals surface area contributed by atoms with E-state index in [0.717, 1.165) is 40.5 Å². The largest absolute Gasteiger partial charge is 0.361 e. The second-order valence-corrected chi connectivity index (χ2v) is 6.78. The molecule has 2 aliphatic carbocycles. The van der Waals surface area contributed by atoms with Gasteiger partial charge in [0, 0.05) is 18.7 Å². The Morgan fingerprint density at radius 3 is 2.75 bits per heavy atom. The lowest BCUT2D eigenvalue weighted by Crippen LogP contribution is -2.44. The topological polar surface area (TPSA) is 41.3 Å². The summed E-state index contributed by atoms with van der Waals surface area (Å²) < 4.78 is 5.21. The average Bonchev–Trinajstić information content (AvgIpc) is 3.10. The van der Waals surface area contributed by atoms with Crippen LogP contribution in [0.1, 0.15) is 42.7 Å². The number of nitrogens with one attached hydrogen (secondary N) is 1. The van der Waals surface area contributed by atoms with Gasteiger partial charge in [-0.05, 0) is 57.2 Å². The molecular formula is C15H23N3OS. The average molecular weight is 293 g/mol. The summed E-state index contributed by atoms with van der Waals surface area (Å²) in [5.74, 6) is 2.66. The van der Waals surface area contributed by atoms with Gasteiger partial charge in [0.2, 0.25) is 0 Å². The zero-order valence-electron chi connectivity index (χ0n) is 12.5. The Morgan fingerprint density at radius 2 is 2.20 bits per heavy atom. The molecular weight excluding hydrogens is 270 g/mol. The number of rotatable bonds is 3. The molecule has 0 spiro atoms. The second-order valence-electron chi connectivity index (χ2n) is 6.39. The summed E-state index contributed by atoms with van der Waals surface area (Å²) in [4.78, 5) is 2.09. The maximum Gasteiger partial charge on any atom is 0.169 e. The number of aryl methyl sites for hydroxylation is 2. The number of thiocarbonyl (C=S) groups is 1. The van der Waals surface area contributed by atoms with E-state index in [1.165, 1.54) is 25.7 Å². The minimum absolute atomic E-state index is 0.591. The van der Waals surface area contributed by atoms with Gasteiger partial charge in [0.1, 0.15) is 5.76 Å². The Hall–Kier alpha value is -1.10. The molecule has 4 nitrogen and oxygen atoms in total. The predicted octanol–water partition coefficient (Wildman–Crippen LogP) is 2.79. The van der Waals surface area contributed by atoms with Crippen LogP contribution in [0.2, 0.25) is 0 Å². The Morgan fingerprint density at radius 1 is 1.40 bits per heavy atom. The SMILES string of the molecule is Cc1noc(C)c1CN(C)C(=S)N[C@H]1C[C@H]2CC[C@H]1C2. The Labute approximate surface area is 125 Å². The van der Waals surface area contributed by atoms with E-state index in [1.807, 2.05) is 20.9 Å². The van der Waals surface area contributed by atoms with Crippen molar-refractivity contribution in [1.29, 1.82) is 0 Å². The van der Waals surface area contributed by atoms with Crippen LogP contribution in [0.4, 0.5) is 0 Å². The van der Waals surface area contributed by atoms with Crippen molar-refractivity contribution in [3.8, 4) is 0 Å². The van der Waals surface area contributed by atoms with Crippen LogP contribution in [0, 0.1) is 25.7 Å². The van der Waals surface area contributed by atoms with Crippen LogP contribution >= 0.6 is 12.2 Å². The molecule has 1 aromatic heterocycles. The predicted molar refractivity (Wildman–Crippen MR) is 82.4 cm³/mol. The zero-order chi connectivity index (χ0) is 14.3. The van der Waals surface area contributed by atoms with Crippen LogP contribution in [0.3, 0.4) is 0 Å². The summed E-state index contributed by atoms with van der Waals surface area (Å²) in [6, 6.07) is 0.591. The van der Waals surface area contributed by atoms with Crippen molar-refractivity contribution in [3.63, 3.8) is 0 Å². The van der Waals surface area contributed by atoms with Gasteiger partial charge < -0.3 is 14.7 Å². The Balaban J connectivity index is 1.57. The molecule has 1 aromatic rings. The van der Waals surface area contributed by atoms with Crippen LogP contribution in [-0.4, -0.2) is 28.3 Å². The Bertz CT molecular complexity index is 494. The molecule has 5 heteroatoms. The molecule has 2 aliphatic rings. The first-order valence-electron chi connectivity index (χ1n) is 7.48. The number of hydrogen-bond donors (Lipinski definition) is 1. The fourth-order valence-electron chi connectivity index (χ4n) is 3.73. The number of aromatic nitrogens is 1. The van der Waals surface area contributed by atoms with Gasteiger partial charge in [0.25, 0.3) is 0 Å². The first kappa shape index (κ1) is 13.9. The highest BCUT2D eigenvalue weighted by Crippen LogP contribution is 2.44. The molecule has 0 saturated heterocycles. The highest BCUT2D eigenvalue weighted by atomic mass is 32.1. The van der Waals surface area contributed by atoms with Crippen molar-refractivity contribution in [2.75, 3.05) is 7.05 Å². The van der Waals surface area contributed by atoms with Crippen molar-refractivity contribution in [3.05, 3.63) is 17.0 Å². The molecule has 2 fully saturated rings. The van der Waals surface area contributed by atoms with E-state index in [2.05, 4.69) is 15.4 Å². The molecule has 2 saturated carbocycles. The lowest BCUT2D eigenvalue weighted by atomic mass is 9.95. The van der Waals surface area contributed by atoms with Crippen molar-refractivity contribution >= 4 is 17.3 Å². The van der Waals surface area contributed by atoms with Gasteiger partial charge in [0.15, 0.2) is 5.11 Å². The molecule has 1 N–H and O–H groups in total. The quantitative estimate of drug-likeness (QED) is 0.868. The summed E-state index contributed by atoms with van der Waals surface area (Å²) in [5.41, 5.74) is 2.10. The molecule has 0 radical (unpaired) electrons. The van der Waals surface area contributed by atoms with Crippen molar-refractivity contribution in [1.82, 2.24) is 15.4 Å². The monoisotopic (exact) mass is 293 g/mol. The van der Waals surface area contributed by atoms with E-state index in [9.17, 15) is 0 Å². The van der Waals surface area contributed by atoms with E-state index < -0.39 is 0 Å². The molecule has 3 rings (SSSR count). The first-order chi connectivity index (χ1) is 9.54. The number of fused-ring (bicyclic) bond motifs is 2. The maximum absolute atomic E-state index is 5.55. The molecule has 2 bridgehead atoms. The third kappa shape index (κ3) is 2.55. The third-order valence-corrected chi connectivity index (χ3v) is 5.40. The lowest BCUT2D eigenvalue weighted by molar-refractivity contribution is 0.371. The first-order valence-corrected chi connectivity index (χ1v) is 7.88. The fourth-order valence-corrected chi connectivity index (χ4v) is 3.94. The summed E-state index contributed by atoms with van der Waals surface area (Å²) in [7, 11) is 2.04. The third-order valence-electron chi connectivity index (χ3n) is 4.97. The molecule has 0 aromatic carbocycles. The minimum Gasteiger partial charge on any atom is -0.361 e. The van der Waals surface area contributed by atoms with Gasteiger partial charge in [-0.1, -0.05) is 11.6 Å². The van der Waals surface area contributed by atoms with Gasteiger partial charge in [0.05, 0.1) is 12.2 Å². The standard InChI is InChI=1S/C15H23N3OS/c1-9-13(10(2)19-17-9)8-18(3)15(20)16-14-7-11-4-5-12(14)6-11/h11-12,14H,4-8H2,1-3H3,(H,16,20)/t11-,12-,14-/m0/s1. The van der Waals surface area contributed by atoms with Crippen LogP contribution in [0.15, 0.2) is 4.52 Å². The van der Waals surface area contributed by atoms with Gasteiger partial charge in [-0.15, -0.1) is 0 Å². The Kier molecular flexibility index (Phi) is 3.71. The van der Waals surface area contributed by atoms with Crippen LogP contribution < -0.4 is 5.32 Å². The van der Waals surface area contributed by atoms with Gasteiger partial charge in [-0.3, -0.25) is 0 Å². The number of nitrogens with zero attached hydrogens (tertiary/aromatic N) is 2. The van der Waals surface area contributed by atoms with Gasteiger partial charge in [-0.25, -0.2) is 0 Å². The van der Waals surface area contributed by atoms with E-state index in [-0.39, 0.29) is 0 Å². The number of hydrogen-bond acceptors (Lipinski definition) is 3. The van der Waals surface area contributed by atoms with E-state index in [0.29, 0.717) is 6.04 Å². The zero-order valence-corrected chi connectivity index (χ0v) is 13.3. The van der Waals surface area contributed by atoms with Gasteiger partial charge in [-0.2, -0.15) is 0 Å². The highest BCUT2D eigenvalue weighted by molar-refractivity contribution is 7.80. The summed E-state index contributed by atoms with van der Waals surface area (Å²) in [5, 5.41) is 8.41. The normalized spacial score (nSPS) is 27.9. The van der Waals surface area contributed by atoms with E-state index in [1.54, 1.807) is 0 Å².